The summed E-state index contributed by atoms with van der Waals surface area (Å²) in [6, 6.07) is 6.28. The summed E-state index contributed by atoms with van der Waals surface area (Å²) in [7, 11) is 0. The van der Waals surface area contributed by atoms with Gasteiger partial charge >= 0.3 is 5.97 Å². The number of hydrogen-bond donors (Lipinski definition) is 1. The zero-order chi connectivity index (χ0) is 17.7. The Bertz CT molecular complexity index is 937. The summed E-state index contributed by atoms with van der Waals surface area (Å²) in [6.07, 6.45) is 2.66. The highest BCUT2D eigenvalue weighted by Crippen LogP contribution is 2.48. The van der Waals surface area contributed by atoms with E-state index in [-0.39, 0.29) is 5.56 Å². The van der Waals surface area contributed by atoms with E-state index < -0.39 is 12.0 Å². The van der Waals surface area contributed by atoms with Crippen molar-refractivity contribution >= 4 is 40.9 Å². The Morgan fingerprint density at radius 3 is 2.72 bits per heavy atom. The number of pyridine rings is 1. The number of nitrogens with zero attached hydrogens (tertiary/aromatic N) is 1. The van der Waals surface area contributed by atoms with E-state index in [2.05, 4.69) is 0 Å². The average molecular weight is 396 g/mol. The molecular formula is C18H15Cl2NO3S. The molecule has 0 saturated heterocycles. The lowest BCUT2D eigenvalue weighted by molar-refractivity contribution is -0.140. The van der Waals surface area contributed by atoms with Crippen molar-refractivity contribution in [2.75, 3.05) is 5.75 Å². The maximum Gasteiger partial charge on any atom is 0.327 e. The average Bonchev–Trinajstić information content (AvgIpc) is 3.28. The molecule has 0 amide bonds. The van der Waals surface area contributed by atoms with Crippen LogP contribution in [0, 0.1) is 0 Å². The van der Waals surface area contributed by atoms with Crippen LogP contribution in [0.1, 0.15) is 41.5 Å². The molecule has 1 N–H and O–H groups in total. The van der Waals surface area contributed by atoms with Crippen LogP contribution in [-0.2, 0) is 11.2 Å². The summed E-state index contributed by atoms with van der Waals surface area (Å²) in [5.41, 5.74) is 2.66. The quantitative estimate of drug-likeness (QED) is 0.835. The van der Waals surface area contributed by atoms with Crippen molar-refractivity contribution in [3.05, 3.63) is 61.4 Å². The molecule has 2 aliphatic rings. The molecule has 1 saturated carbocycles. The van der Waals surface area contributed by atoms with Crippen molar-refractivity contribution in [3.8, 4) is 0 Å². The molecule has 1 fully saturated rings. The second kappa shape index (κ2) is 6.38. The van der Waals surface area contributed by atoms with Crippen LogP contribution in [0.15, 0.2) is 34.1 Å². The summed E-state index contributed by atoms with van der Waals surface area (Å²) in [4.78, 5) is 24.1. The predicted molar refractivity (Wildman–Crippen MR) is 99.3 cm³/mol. The fraction of sp³-hybridized carbons (Fsp3) is 0.333. The normalized spacial score (nSPS) is 19.0. The van der Waals surface area contributed by atoms with Crippen LogP contribution in [-0.4, -0.2) is 21.4 Å². The zero-order valence-electron chi connectivity index (χ0n) is 13.2. The van der Waals surface area contributed by atoms with Crippen LogP contribution in [0.25, 0.3) is 0 Å². The summed E-state index contributed by atoms with van der Waals surface area (Å²) in [5.74, 6) is -0.165. The molecule has 2 aromatic rings. The Labute approximate surface area is 158 Å². The van der Waals surface area contributed by atoms with Gasteiger partial charge in [-0.15, -0.1) is 11.8 Å². The SMILES string of the molecule is O=C(O)[C@@H]1CSc2c(C3CC3)c(Cc3cccc(Cl)c3Cl)cc(=O)n21. The van der Waals surface area contributed by atoms with Crippen molar-refractivity contribution in [2.24, 2.45) is 0 Å². The van der Waals surface area contributed by atoms with Gasteiger partial charge in [-0.1, -0.05) is 35.3 Å². The van der Waals surface area contributed by atoms with Crippen LogP contribution in [0.2, 0.25) is 10.0 Å². The Morgan fingerprint density at radius 2 is 2.04 bits per heavy atom. The van der Waals surface area contributed by atoms with Gasteiger partial charge in [-0.05, 0) is 47.9 Å². The molecule has 130 valence electrons. The number of halogens is 2. The van der Waals surface area contributed by atoms with Crippen molar-refractivity contribution in [1.29, 1.82) is 0 Å². The van der Waals surface area contributed by atoms with E-state index in [9.17, 15) is 14.7 Å². The predicted octanol–water partition coefficient (Wildman–Crippen LogP) is 4.35. The molecule has 4 rings (SSSR count). The van der Waals surface area contributed by atoms with E-state index in [1.165, 1.54) is 16.3 Å². The highest BCUT2D eigenvalue weighted by atomic mass is 35.5. The lowest BCUT2D eigenvalue weighted by Crippen LogP contribution is -2.29. The Kier molecular flexibility index (Phi) is 4.34. The number of hydrogen-bond acceptors (Lipinski definition) is 3. The minimum Gasteiger partial charge on any atom is -0.480 e. The topological polar surface area (TPSA) is 59.3 Å². The van der Waals surface area contributed by atoms with Gasteiger partial charge in [0.1, 0.15) is 6.04 Å². The van der Waals surface area contributed by atoms with Gasteiger partial charge in [-0.25, -0.2) is 4.79 Å². The molecule has 25 heavy (non-hydrogen) atoms. The number of carbonyl (C=O) groups is 1. The Morgan fingerprint density at radius 1 is 1.28 bits per heavy atom. The van der Waals surface area contributed by atoms with Gasteiger partial charge in [0.05, 0.1) is 15.1 Å². The molecule has 1 aromatic heterocycles. The number of fused-ring (bicyclic) bond motifs is 1. The molecule has 1 aliphatic carbocycles. The fourth-order valence-electron chi connectivity index (χ4n) is 3.37. The number of thioether (sulfide) groups is 1. The van der Waals surface area contributed by atoms with Gasteiger partial charge < -0.3 is 5.11 Å². The maximum absolute atomic E-state index is 12.6. The number of aliphatic carboxylic acids is 1. The van der Waals surface area contributed by atoms with Gasteiger partial charge in [0.15, 0.2) is 0 Å². The molecule has 1 aromatic carbocycles. The van der Waals surface area contributed by atoms with Gasteiger partial charge in [0.2, 0.25) is 0 Å². The van der Waals surface area contributed by atoms with E-state index in [0.29, 0.717) is 28.1 Å². The first-order chi connectivity index (χ1) is 12.0. The summed E-state index contributed by atoms with van der Waals surface area (Å²) < 4.78 is 1.45. The fourth-order valence-corrected chi connectivity index (χ4v) is 5.17. The van der Waals surface area contributed by atoms with Crippen molar-refractivity contribution in [2.45, 2.75) is 36.2 Å². The molecule has 2 heterocycles. The number of carboxylic acids is 1. The maximum atomic E-state index is 12.6. The summed E-state index contributed by atoms with van der Waals surface area (Å²) >= 11 is 13.9. The van der Waals surface area contributed by atoms with E-state index in [1.54, 1.807) is 12.1 Å². The van der Waals surface area contributed by atoms with Gasteiger partial charge in [0.25, 0.3) is 5.56 Å². The minimum absolute atomic E-state index is 0.259. The van der Waals surface area contributed by atoms with Gasteiger partial charge in [-0.3, -0.25) is 9.36 Å². The third kappa shape index (κ3) is 2.98. The second-order valence-electron chi connectivity index (χ2n) is 6.43. The minimum atomic E-state index is -0.958. The third-order valence-electron chi connectivity index (χ3n) is 4.70. The van der Waals surface area contributed by atoms with Crippen LogP contribution >= 0.6 is 35.0 Å². The van der Waals surface area contributed by atoms with E-state index >= 15 is 0 Å². The van der Waals surface area contributed by atoms with Crippen molar-refractivity contribution in [1.82, 2.24) is 4.57 Å². The van der Waals surface area contributed by atoms with Crippen molar-refractivity contribution < 1.29 is 9.90 Å². The smallest absolute Gasteiger partial charge is 0.327 e. The summed E-state index contributed by atoms with van der Waals surface area (Å²) in [5, 5.41) is 11.2. The molecule has 0 bridgehead atoms. The monoisotopic (exact) mass is 395 g/mol. The molecule has 4 nitrogen and oxygen atoms in total. The van der Waals surface area contributed by atoms with Crippen LogP contribution in [0.5, 0.6) is 0 Å². The Hall–Kier alpha value is -1.43. The lowest BCUT2D eigenvalue weighted by atomic mass is 9.98. The van der Waals surface area contributed by atoms with E-state index in [4.69, 9.17) is 23.2 Å². The number of carboxylic acid groups (broad SMARTS) is 1. The van der Waals surface area contributed by atoms with Crippen LogP contribution < -0.4 is 5.56 Å². The van der Waals surface area contributed by atoms with Gasteiger partial charge in [-0.2, -0.15) is 0 Å². The largest absolute Gasteiger partial charge is 0.480 e. The highest BCUT2D eigenvalue weighted by molar-refractivity contribution is 7.99. The first-order valence-corrected chi connectivity index (χ1v) is 9.78. The molecule has 0 radical (unpaired) electrons. The van der Waals surface area contributed by atoms with Crippen molar-refractivity contribution in [3.63, 3.8) is 0 Å². The first kappa shape index (κ1) is 17.0. The molecular weight excluding hydrogens is 381 g/mol. The Balaban J connectivity index is 1.84. The number of rotatable bonds is 4. The van der Waals surface area contributed by atoms with E-state index in [1.807, 2.05) is 12.1 Å². The summed E-state index contributed by atoms with van der Waals surface area (Å²) in [6.45, 7) is 0. The zero-order valence-corrected chi connectivity index (χ0v) is 15.5. The molecule has 7 heteroatoms. The highest BCUT2D eigenvalue weighted by Gasteiger charge is 2.37. The molecule has 0 spiro atoms. The van der Waals surface area contributed by atoms with E-state index in [0.717, 1.165) is 34.6 Å². The van der Waals surface area contributed by atoms with Crippen LogP contribution in [0.3, 0.4) is 0 Å². The number of benzene rings is 1. The molecule has 1 aliphatic heterocycles. The lowest BCUT2D eigenvalue weighted by Gasteiger charge is -2.16. The third-order valence-corrected chi connectivity index (χ3v) is 6.73. The van der Waals surface area contributed by atoms with Gasteiger partial charge in [0, 0.05) is 11.8 Å². The first-order valence-electron chi connectivity index (χ1n) is 8.04. The second-order valence-corrected chi connectivity index (χ2v) is 8.22. The standard InChI is InChI=1S/C18H15Cl2NO3S/c19-12-3-1-2-10(16(12)20)6-11-7-14(22)21-13(18(23)24)8-25-17(21)15(11)9-4-5-9/h1-3,7,9,13H,4-6,8H2,(H,23,24)/t13-/m0/s1. The van der Waals surface area contributed by atoms with Crippen LogP contribution in [0.4, 0.5) is 0 Å². The molecule has 0 unspecified atom stereocenters. The molecule has 1 atom stereocenters. The number of aromatic nitrogens is 1.